The molecule has 0 saturated carbocycles. The second-order valence-electron chi connectivity index (χ2n) is 9.61. The first-order chi connectivity index (χ1) is 15.6. The number of piperidine rings is 1. The molecule has 7 heteroatoms. The number of hydrogen-bond donors (Lipinski definition) is 1. The Bertz CT molecular complexity index is 1170. The summed E-state index contributed by atoms with van der Waals surface area (Å²) in [6.07, 6.45) is 2.26. The van der Waals surface area contributed by atoms with E-state index < -0.39 is 5.72 Å². The number of benzene rings is 3. The van der Waals surface area contributed by atoms with Crippen LogP contribution in [0.4, 0.5) is 0 Å². The minimum Gasteiger partial charge on any atom is -0.366 e. The zero-order chi connectivity index (χ0) is 21.6. The molecule has 0 amide bonds. The Morgan fingerprint density at radius 1 is 0.882 bits per heavy atom. The van der Waals surface area contributed by atoms with E-state index in [1.54, 1.807) is 11.8 Å². The van der Waals surface area contributed by atoms with Crippen molar-refractivity contribution >= 4 is 61.7 Å². The van der Waals surface area contributed by atoms with E-state index in [1.807, 2.05) is 0 Å². The van der Waals surface area contributed by atoms with Gasteiger partial charge in [-0.25, -0.2) is 0 Å². The monoisotopic (exact) mass is 603 g/mol. The quantitative estimate of drug-likeness (QED) is 0.408. The van der Waals surface area contributed by atoms with E-state index in [9.17, 15) is 5.11 Å². The Morgan fingerprint density at radius 3 is 2.35 bits per heavy atom. The van der Waals surface area contributed by atoms with Crippen molar-refractivity contribution < 1.29 is 5.11 Å². The van der Waals surface area contributed by atoms with Gasteiger partial charge in [0.1, 0.15) is 0 Å². The molecular formula is C27H31Br2N3OS. The van der Waals surface area contributed by atoms with Gasteiger partial charge >= 0.3 is 0 Å². The van der Waals surface area contributed by atoms with Gasteiger partial charge < -0.3 is 10.0 Å². The maximum Gasteiger partial charge on any atom is 0.175 e. The lowest BCUT2D eigenvalue weighted by atomic mass is 9.76. The largest absolute Gasteiger partial charge is 0.366 e. The first kappa shape index (κ1) is 25.7. The van der Waals surface area contributed by atoms with E-state index >= 15 is 0 Å². The molecule has 3 aromatic rings. The van der Waals surface area contributed by atoms with E-state index in [1.165, 1.54) is 16.3 Å². The predicted octanol–water partition coefficient (Wildman–Crippen LogP) is 5.84. The van der Waals surface area contributed by atoms with Gasteiger partial charge in [-0.15, -0.1) is 34.0 Å². The van der Waals surface area contributed by atoms with Crippen LogP contribution in [0.15, 0.2) is 77.8 Å². The topological polar surface area (TPSA) is 39.1 Å². The summed E-state index contributed by atoms with van der Waals surface area (Å²) in [5, 5.41) is 15.3. The molecule has 6 rings (SSSR count). The van der Waals surface area contributed by atoms with Crippen molar-refractivity contribution in [2.24, 2.45) is 10.4 Å². The van der Waals surface area contributed by atoms with Crippen molar-refractivity contribution in [1.29, 1.82) is 0 Å². The lowest BCUT2D eigenvalue weighted by Gasteiger charge is -2.48. The normalized spacial score (nSPS) is 23.7. The Balaban J connectivity index is 0.00000137. The molecular weight excluding hydrogens is 574 g/mol. The van der Waals surface area contributed by atoms with Crippen molar-refractivity contribution in [2.75, 3.05) is 31.9 Å². The first-order valence-electron chi connectivity index (χ1n) is 11.6. The molecule has 1 atom stereocenters. The minimum absolute atomic E-state index is 0. The molecule has 34 heavy (non-hydrogen) atoms. The number of hydrogen-bond acceptors (Lipinski definition) is 5. The zero-order valence-corrected chi connectivity index (χ0v) is 23.3. The van der Waals surface area contributed by atoms with Gasteiger partial charge in [0.25, 0.3) is 0 Å². The van der Waals surface area contributed by atoms with Crippen LogP contribution in [0.1, 0.15) is 24.0 Å². The zero-order valence-electron chi connectivity index (χ0n) is 19.1. The molecule has 2 saturated heterocycles. The molecule has 1 unspecified atom stereocenters. The molecule has 0 aromatic heterocycles. The molecule has 2 fully saturated rings. The summed E-state index contributed by atoms with van der Waals surface area (Å²) >= 11 is 1.70. The minimum atomic E-state index is -0.984. The summed E-state index contributed by atoms with van der Waals surface area (Å²) in [6, 6.07) is 25.5. The molecule has 180 valence electrons. The van der Waals surface area contributed by atoms with Gasteiger partial charge in [-0.1, -0.05) is 78.5 Å². The molecule has 0 aliphatic carbocycles. The molecule has 1 spiro atoms. The molecule has 3 heterocycles. The highest BCUT2D eigenvalue weighted by Gasteiger charge is 2.51. The summed E-state index contributed by atoms with van der Waals surface area (Å²) in [7, 11) is 0. The average molecular weight is 605 g/mol. The summed E-state index contributed by atoms with van der Waals surface area (Å²) in [5.74, 6) is 0.639. The van der Waals surface area contributed by atoms with Crippen molar-refractivity contribution in [3.05, 3.63) is 83.9 Å². The fraction of sp³-hybridized carbons (Fsp3) is 0.370. The van der Waals surface area contributed by atoms with Crippen LogP contribution in [-0.2, 0) is 12.3 Å². The van der Waals surface area contributed by atoms with E-state index in [2.05, 4.69) is 82.6 Å². The van der Waals surface area contributed by atoms with E-state index in [0.717, 1.165) is 56.3 Å². The second kappa shape index (κ2) is 10.3. The highest BCUT2D eigenvalue weighted by atomic mass is 79.9. The van der Waals surface area contributed by atoms with Gasteiger partial charge in [-0.3, -0.25) is 9.89 Å². The number of thioether (sulfide) groups is 1. The number of halogens is 2. The van der Waals surface area contributed by atoms with Gasteiger partial charge in [0, 0.05) is 30.6 Å². The fourth-order valence-corrected chi connectivity index (χ4v) is 6.63. The third kappa shape index (κ3) is 4.70. The van der Waals surface area contributed by atoms with Crippen LogP contribution >= 0.6 is 45.7 Å². The Morgan fingerprint density at radius 2 is 1.59 bits per heavy atom. The third-order valence-electron chi connectivity index (χ3n) is 7.50. The molecule has 0 radical (unpaired) electrons. The number of nitrogens with zero attached hydrogens (tertiary/aromatic N) is 3. The Kier molecular flexibility index (Phi) is 7.80. The average Bonchev–Trinajstić information content (AvgIpc) is 3.18. The summed E-state index contributed by atoms with van der Waals surface area (Å²) in [5.41, 5.74) is 1.54. The maximum absolute atomic E-state index is 11.9. The predicted molar refractivity (Wildman–Crippen MR) is 153 cm³/mol. The number of fused-ring (bicyclic) bond motifs is 2. The van der Waals surface area contributed by atoms with E-state index in [4.69, 9.17) is 4.99 Å². The number of aliphatic hydroxyl groups is 1. The maximum atomic E-state index is 11.9. The lowest BCUT2D eigenvalue weighted by Crippen LogP contribution is -2.56. The summed E-state index contributed by atoms with van der Waals surface area (Å²) < 4.78 is 0. The highest BCUT2D eigenvalue weighted by Crippen LogP contribution is 2.46. The number of aliphatic imine (C=N–C) groups is 1. The molecule has 3 aliphatic heterocycles. The number of amidine groups is 1. The smallest absolute Gasteiger partial charge is 0.175 e. The summed E-state index contributed by atoms with van der Waals surface area (Å²) in [4.78, 5) is 9.76. The van der Waals surface area contributed by atoms with Crippen LogP contribution in [0.3, 0.4) is 0 Å². The van der Waals surface area contributed by atoms with E-state index in [0.29, 0.717) is 5.75 Å². The fourth-order valence-electron chi connectivity index (χ4n) is 5.45. The van der Waals surface area contributed by atoms with Crippen molar-refractivity contribution in [2.45, 2.75) is 25.1 Å². The van der Waals surface area contributed by atoms with Crippen LogP contribution in [0.25, 0.3) is 10.8 Å². The SMILES string of the molecule is Br.Br.OC1(c2ccc3ccccc3c2)CSC2=NCC3(CCN(Cc4ccccc4)CC3)CN21. The van der Waals surface area contributed by atoms with Crippen LogP contribution in [0.2, 0.25) is 0 Å². The Labute approximate surface area is 227 Å². The highest BCUT2D eigenvalue weighted by molar-refractivity contribution is 8.93. The first-order valence-corrected chi connectivity index (χ1v) is 12.6. The molecule has 3 aromatic carbocycles. The van der Waals surface area contributed by atoms with Gasteiger partial charge in [0.05, 0.1) is 5.75 Å². The molecule has 4 nitrogen and oxygen atoms in total. The van der Waals surface area contributed by atoms with Gasteiger partial charge in [0.2, 0.25) is 0 Å². The second-order valence-corrected chi connectivity index (χ2v) is 10.6. The number of rotatable bonds is 3. The van der Waals surface area contributed by atoms with Crippen LogP contribution in [0, 0.1) is 5.41 Å². The van der Waals surface area contributed by atoms with Crippen molar-refractivity contribution in [3.63, 3.8) is 0 Å². The standard InChI is InChI=1S/C27H29N3OS.2BrH/c31-27(24-11-10-22-8-4-5-9-23(22)16-24)20-32-25-28-18-26(19-30(25)27)12-14-29(15-13-26)17-21-6-2-1-3-7-21;;/h1-11,16,31H,12-15,17-20H2;2*1H. The molecule has 0 bridgehead atoms. The Hall–Kier alpha value is -1.38. The third-order valence-corrected chi connectivity index (χ3v) is 8.66. The van der Waals surface area contributed by atoms with Crippen molar-refractivity contribution in [3.8, 4) is 0 Å². The van der Waals surface area contributed by atoms with E-state index in [-0.39, 0.29) is 39.4 Å². The van der Waals surface area contributed by atoms with Gasteiger partial charge in [-0.2, -0.15) is 0 Å². The van der Waals surface area contributed by atoms with Crippen molar-refractivity contribution in [1.82, 2.24) is 9.80 Å². The van der Waals surface area contributed by atoms with Crippen LogP contribution < -0.4 is 0 Å². The van der Waals surface area contributed by atoms with Crippen LogP contribution in [0.5, 0.6) is 0 Å². The number of likely N-dealkylation sites (tertiary alicyclic amines) is 1. The lowest BCUT2D eigenvalue weighted by molar-refractivity contribution is -0.0754. The molecule has 3 aliphatic rings. The van der Waals surface area contributed by atoms with Gasteiger partial charge in [0.15, 0.2) is 10.9 Å². The van der Waals surface area contributed by atoms with Crippen LogP contribution in [-0.4, -0.2) is 52.0 Å². The van der Waals surface area contributed by atoms with Gasteiger partial charge in [-0.05, 0) is 48.3 Å². The summed E-state index contributed by atoms with van der Waals surface area (Å²) in [6.45, 7) is 4.98. The molecule has 1 N–H and O–H groups in total.